The predicted octanol–water partition coefficient (Wildman–Crippen LogP) is 3.82. The van der Waals surface area contributed by atoms with Crippen LogP contribution in [0.3, 0.4) is 0 Å². The molecule has 1 aliphatic rings. The summed E-state index contributed by atoms with van der Waals surface area (Å²) in [5.74, 6) is 1.70. The topological polar surface area (TPSA) is 34.4 Å². The van der Waals surface area contributed by atoms with Crippen LogP contribution in [0.2, 0.25) is 0 Å². The number of furan rings is 1. The molecule has 0 spiro atoms. The second kappa shape index (κ2) is 5.98. The van der Waals surface area contributed by atoms with Gasteiger partial charge < -0.3 is 14.5 Å². The summed E-state index contributed by atoms with van der Waals surface area (Å²) in [4.78, 5) is 0. The molecule has 0 bridgehead atoms. The number of fused-ring (bicyclic) bond motifs is 1. The Morgan fingerprint density at radius 1 is 1.35 bits per heavy atom. The average Bonchev–Trinajstić information content (AvgIpc) is 3.06. The fourth-order valence-corrected chi connectivity index (χ4v) is 3.00. The van der Waals surface area contributed by atoms with Crippen LogP contribution in [0.1, 0.15) is 37.1 Å². The molecule has 0 radical (unpaired) electrons. The molecule has 2 aromatic rings. The van der Waals surface area contributed by atoms with Gasteiger partial charge in [0.2, 0.25) is 0 Å². The van der Waals surface area contributed by atoms with Gasteiger partial charge in [0.1, 0.15) is 11.3 Å². The molecule has 108 valence electrons. The molecule has 1 saturated heterocycles. The molecule has 0 amide bonds. The van der Waals surface area contributed by atoms with E-state index in [2.05, 4.69) is 43.4 Å². The maximum atomic E-state index is 6.04. The largest absolute Gasteiger partial charge is 0.459 e. The molecule has 1 N–H and O–H groups in total. The van der Waals surface area contributed by atoms with Gasteiger partial charge in [-0.25, -0.2) is 0 Å². The summed E-state index contributed by atoms with van der Waals surface area (Å²) < 4.78 is 11.5. The van der Waals surface area contributed by atoms with E-state index in [1.807, 2.05) is 0 Å². The predicted molar refractivity (Wildman–Crippen MR) is 80.9 cm³/mol. The lowest BCUT2D eigenvalue weighted by molar-refractivity contribution is 0.180. The Morgan fingerprint density at radius 3 is 3.00 bits per heavy atom. The minimum Gasteiger partial charge on any atom is -0.459 e. The first-order chi connectivity index (χ1) is 9.76. The lowest BCUT2D eigenvalue weighted by atomic mass is 9.97. The Hall–Kier alpha value is -1.32. The molecule has 20 heavy (non-hydrogen) atoms. The van der Waals surface area contributed by atoms with Gasteiger partial charge in [0.25, 0.3) is 0 Å². The Kier molecular flexibility index (Phi) is 4.08. The van der Waals surface area contributed by atoms with Crippen LogP contribution in [0.4, 0.5) is 0 Å². The van der Waals surface area contributed by atoms with Crippen LogP contribution < -0.4 is 5.32 Å². The molecular weight excluding hydrogens is 250 g/mol. The number of aryl methyl sites for hydroxylation is 1. The summed E-state index contributed by atoms with van der Waals surface area (Å²) in [6, 6.07) is 8.83. The van der Waals surface area contributed by atoms with E-state index in [4.69, 9.17) is 9.15 Å². The summed E-state index contributed by atoms with van der Waals surface area (Å²) in [5.41, 5.74) is 2.25. The van der Waals surface area contributed by atoms with Crippen LogP contribution in [0.15, 0.2) is 28.7 Å². The average molecular weight is 273 g/mol. The lowest BCUT2D eigenvalue weighted by Crippen LogP contribution is -2.23. The highest BCUT2D eigenvalue weighted by molar-refractivity contribution is 5.78. The first kappa shape index (κ1) is 13.7. The third kappa shape index (κ3) is 2.89. The summed E-state index contributed by atoms with van der Waals surface area (Å²) in [6.07, 6.45) is 2.26. The van der Waals surface area contributed by atoms with E-state index in [0.717, 1.165) is 37.5 Å². The molecule has 1 aliphatic heterocycles. The molecule has 3 rings (SSSR count). The van der Waals surface area contributed by atoms with Crippen molar-refractivity contribution in [1.82, 2.24) is 5.32 Å². The van der Waals surface area contributed by atoms with Crippen LogP contribution >= 0.6 is 0 Å². The molecule has 0 aliphatic carbocycles. The highest BCUT2D eigenvalue weighted by Crippen LogP contribution is 2.30. The summed E-state index contributed by atoms with van der Waals surface area (Å²) >= 11 is 0. The quantitative estimate of drug-likeness (QED) is 0.899. The van der Waals surface area contributed by atoms with E-state index in [1.165, 1.54) is 17.4 Å². The van der Waals surface area contributed by atoms with Crippen LogP contribution in [-0.2, 0) is 4.74 Å². The van der Waals surface area contributed by atoms with Crippen molar-refractivity contribution < 1.29 is 9.15 Å². The number of hydrogen-bond donors (Lipinski definition) is 1. The number of benzene rings is 1. The highest BCUT2D eigenvalue weighted by atomic mass is 16.5. The molecule has 3 heteroatoms. The third-order valence-electron chi connectivity index (χ3n) is 4.08. The van der Waals surface area contributed by atoms with Crippen molar-refractivity contribution in [2.75, 3.05) is 19.8 Å². The maximum absolute atomic E-state index is 6.04. The van der Waals surface area contributed by atoms with E-state index in [9.17, 15) is 0 Å². The molecule has 2 atom stereocenters. The molecule has 1 aromatic heterocycles. The van der Waals surface area contributed by atoms with Gasteiger partial charge >= 0.3 is 0 Å². The second-order valence-electron chi connectivity index (χ2n) is 5.77. The van der Waals surface area contributed by atoms with Crippen LogP contribution in [0.5, 0.6) is 0 Å². The van der Waals surface area contributed by atoms with Crippen molar-refractivity contribution in [2.45, 2.75) is 32.7 Å². The minimum absolute atomic E-state index is 0.291. The first-order valence-electron chi connectivity index (χ1n) is 7.57. The van der Waals surface area contributed by atoms with Crippen molar-refractivity contribution in [3.8, 4) is 0 Å². The van der Waals surface area contributed by atoms with Gasteiger partial charge in [-0.1, -0.05) is 18.6 Å². The second-order valence-corrected chi connectivity index (χ2v) is 5.77. The SMILES string of the molecule is CCNC(CC1CCOC1)c1cc2cc(C)ccc2o1. The summed E-state index contributed by atoms with van der Waals surface area (Å²) in [6.45, 7) is 7.01. The van der Waals surface area contributed by atoms with Crippen LogP contribution in [-0.4, -0.2) is 19.8 Å². The van der Waals surface area contributed by atoms with Gasteiger partial charge in [0.15, 0.2) is 0 Å². The van der Waals surface area contributed by atoms with Crippen molar-refractivity contribution in [2.24, 2.45) is 5.92 Å². The Balaban J connectivity index is 1.83. The Morgan fingerprint density at radius 2 is 2.25 bits per heavy atom. The summed E-state index contributed by atoms with van der Waals surface area (Å²) in [5, 5.41) is 4.75. The molecule has 3 nitrogen and oxygen atoms in total. The standard InChI is InChI=1S/C17H23NO2/c1-3-18-15(9-13-6-7-19-11-13)17-10-14-8-12(2)4-5-16(14)20-17/h4-5,8,10,13,15,18H,3,6-7,9,11H2,1-2H3. The van der Waals surface area contributed by atoms with Gasteiger partial charge in [0.05, 0.1) is 6.04 Å². The van der Waals surface area contributed by atoms with E-state index < -0.39 is 0 Å². The smallest absolute Gasteiger partial charge is 0.134 e. The molecule has 1 aromatic carbocycles. The zero-order valence-electron chi connectivity index (χ0n) is 12.3. The van der Waals surface area contributed by atoms with E-state index in [0.29, 0.717) is 12.0 Å². The number of ether oxygens (including phenoxy) is 1. The molecule has 2 heterocycles. The van der Waals surface area contributed by atoms with E-state index in [-0.39, 0.29) is 0 Å². The van der Waals surface area contributed by atoms with Gasteiger partial charge in [-0.2, -0.15) is 0 Å². The molecular formula is C17H23NO2. The van der Waals surface area contributed by atoms with Crippen molar-refractivity contribution in [3.63, 3.8) is 0 Å². The fraction of sp³-hybridized carbons (Fsp3) is 0.529. The normalized spacial score (nSPS) is 20.6. The molecule has 1 fully saturated rings. The van der Waals surface area contributed by atoms with Crippen molar-refractivity contribution in [3.05, 3.63) is 35.6 Å². The van der Waals surface area contributed by atoms with Crippen molar-refractivity contribution in [1.29, 1.82) is 0 Å². The molecule has 0 saturated carbocycles. The van der Waals surface area contributed by atoms with Crippen LogP contribution in [0.25, 0.3) is 11.0 Å². The minimum atomic E-state index is 0.291. The van der Waals surface area contributed by atoms with E-state index >= 15 is 0 Å². The monoisotopic (exact) mass is 273 g/mol. The Bertz CT molecular complexity index is 569. The number of rotatable bonds is 5. The van der Waals surface area contributed by atoms with Crippen molar-refractivity contribution >= 4 is 11.0 Å². The maximum Gasteiger partial charge on any atom is 0.134 e. The van der Waals surface area contributed by atoms with Crippen LogP contribution in [0, 0.1) is 12.8 Å². The lowest BCUT2D eigenvalue weighted by Gasteiger charge is -2.18. The van der Waals surface area contributed by atoms with Gasteiger partial charge in [-0.05, 0) is 50.4 Å². The van der Waals surface area contributed by atoms with E-state index in [1.54, 1.807) is 0 Å². The van der Waals surface area contributed by atoms with Gasteiger partial charge in [0, 0.05) is 18.6 Å². The number of hydrogen-bond acceptors (Lipinski definition) is 3. The van der Waals surface area contributed by atoms with Gasteiger partial charge in [-0.15, -0.1) is 0 Å². The summed E-state index contributed by atoms with van der Waals surface area (Å²) in [7, 11) is 0. The number of nitrogens with one attached hydrogen (secondary N) is 1. The first-order valence-corrected chi connectivity index (χ1v) is 7.57. The molecule has 2 unspecified atom stereocenters. The Labute approximate surface area is 120 Å². The highest BCUT2D eigenvalue weighted by Gasteiger charge is 2.23. The van der Waals surface area contributed by atoms with Gasteiger partial charge in [-0.3, -0.25) is 0 Å². The third-order valence-corrected chi connectivity index (χ3v) is 4.08. The zero-order valence-corrected chi connectivity index (χ0v) is 12.3. The fourth-order valence-electron chi connectivity index (χ4n) is 3.00. The zero-order chi connectivity index (χ0) is 13.9.